The van der Waals surface area contributed by atoms with Gasteiger partial charge in [-0.1, -0.05) is 43.3 Å². The molecule has 0 atom stereocenters. The normalized spacial score (nSPS) is 10.0. The molecule has 0 aliphatic rings. The van der Waals surface area contributed by atoms with E-state index >= 15 is 0 Å². The van der Waals surface area contributed by atoms with Gasteiger partial charge in [0, 0.05) is 6.54 Å². The molecule has 0 bridgehead atoms. The van der Waals surface area contributed by atoms with Crippen molar-refractivity contribution in [3.63, 3.8) is 0 Å². The molecule has 0 saturated carbocycles. The quantitative estimate of drug-likeness (QED) is 0.881. The summed E-state index contributed by atoms with van der Waals surface area (Å²) in [6.07, 6.45) is 1.02. The van der Waals surface area contributed by atoms with E-state index in [9.17, 15) is 4.79 Å². The number of aryl methyl sites for hydroxylation is 1. The number of rotatable bonds is 5. The van der Waals surface area contributed by atoms with Gasteiger partial charge in [-0.25, -0.2) is 4.79 Å². The number of methoxy groups -OCH3 is 1. The number of amides is 2. The number of hydrogen-bond donors (Lipinski definition) is 2. The molecule has 0 aliphatic carbocycles. The molecule has 2 amide bonds. The lowest BCUT2D eigenvalue weighted by molar-refractivity contribution is 0.251. The van der Waals surface area contributed by atoms with Crippen molar-refractivity contribution in [2.45, 2.75) is 19.9 Å². The molecule has 2 N–H and O–H groups in total. The molecule has 4 heteroatoms. The van der Waals surface area contributed by atoms with Gasteiger partial charge in [-0.05, 0) is 29.7 Å². The highest BCUT2D eigenvalue weighted by molar-refractivity contribution is 5.90. The second-order valence-electron chi connectivity index (χ2n) is 4.68. The van der Waals surface area contributed by atoms with E-state index in [1.807, 2.05) is 24.3 Å². The van der Waals surface area contributed by atoms with Crippen molar-refractivity contribution in [3.8, 4) is 5.75 Å². The minimum absolute atomic E-state index is 0.251. The SMILES string of the molecule is CCc1ccc(CNC(=O)Nc2ccccc2OC)cc1. The zero-order valence-electron chi connectivity index (χ0n) is 12.3. The molecule has 0 aromatic heterocycles. The van der Waals surface area contributed by atoms with E-state index in [4.69, 9.17) is 4.74 Å². The lowest BCUT2D eigenvalue weighted by atomic mass is 10.1. The summed E-state index contributed by atoms with van der Waals surface area (Å²) in [7, 11) is 1.58. The van der Waals surface area contributed by atoms with Gasteiger partial charge in [-0.3, -0.25) is 0 Å². The molecular weight excluding hydrogens is 264 g/mol. The van der Waals surface area contributed by atoms with E-state index in [1.165, 1.54) is 5.56 Å². The van der Waals surface area contributed by atoms with Gasteiger partial charge in [0.2, 0.25) is 0 Å². The van der Waals surface area contributed by atoms with Gasteiger partial charge < -0.3 is 15.4 Å². The summed E-state index contributed by atoms with van der Waals surface area (Å²) >= 11 is 0. The van der Waals surface area contributed by atoms with Crippen LogP contribution in [-0.2, 0) is 13.0 Å². The molecule has 2 aromatic carbocycles. The number of para-hydroxylation sites is 2. The minimum atomic E-state index is -0.251. The number of carbonyl (C=O) groups excluding carboxylic acids is 1. The maximum atomic E-state index is 11.9. The fourth-order valence-corrected chi connectivity index (χ4v) is 1.99. The first-order valence-electron chi connectivity index (χ1n) is 6.98. The van der Waals surface area contributed by atoms with E-state index in [-0.39, 0.29) is 6.03 Å². The lowest BCUT2D eigenvalue weighted by Crippen LogP contribution is -2.28. The summed E-state index contributed by atoms with van der Waals surface area (Å²) in [5.74, 6) is 0.639. The number of benzene rings is 2. The third-order valence-electron chi connectivity index (χ3n) is 3.24. The van der Waals surface area contributed by atoms with Gasteiger partial charge in [0.05, 0.1) is 12.8 Å². The number of carbonyl (C=O) groups is 1. The number of urea groups is 1. The predicted octanol–water partition coefficient (Wildman–Crippen LogP) is 3.58. The van der Waals surface area contributed by atoms with Crippen LogP contribution in [0.2, 0.25) is 0 Å². The van der Waals surface area contributed by atoms with E-state index < -0.39 is 0 Å². The second-order valence-corrected chi connectivity index (χ2v) is 4.68. The summed E-state index contributed by atoms with van der Waals surface area (Å²) in [5.41, 5.74) is 3.01. The van der Waals surface area contributed by atoms with Crippen LogP contribution in [-0.4, -0.2) is 13.1 Å². The zero-order valence-corrected chi connectivity index (χ0v) is 12.3. The molecule has 4 nitrogen and oxygen atoms in total. The number of nitrogens with one attached hydrogen (secondary N) is 2. The number of ether oxygens (including phenoxy) is 1. The van der Waals surface area contributed by atoms with Crippen LogP contribution >= 0.6 is 0 Å². The molecule has 0 radical (unpaired) electrons. The maximum Gasteiger partial charge on any atom is 0.319 e. The molecule has 110 valence electrons. The van der Waals surface area contributed by atoms with Gasteiger partial charge in [0.25, 0.3) is 0 Å². The molecule has 2 aromatic rings. The Hall–Kier alpha value is -2.49. The minimum Gasteiger partial charge on any atom is -0.495 e. The Morgan fingerprint density at radius 2 is 1.71 bits per heavy atom. The highest BCUT2D eigenvalue weighted by Gasteiger charge is 2.06. The molecule has 0 spiro atoms. The van der Waals surface area contributed by atoms with Gasteiger partial charge >= 0.3 is 6.03 Å². The maximum absolute atomic E-state index is 11.9. The van der Waals surface area contributed by atoms with Crippen LogP contribution in [0.5, 0.6) is 5.75 Å². The van der Waals surface area contributed by atoms with Crippen LogP contribution in [0.4, 0.5) is 10.5 Å². The van der Waals surface area contributed by atoms with Crippen LogP contribution in [0.15, 0.2) is 48.5 Å². The largest absolute Gasteiger partial charge is 0.495 e. The molecule has 0 aliphatic heterocycles. The highest BCUT2D eigenvalue weighted by atomic mass is 16.5. The van der Waals surface area contributed by atoms with Crippen LogP contribution in [0, 0.1) is 0 Å². The summed E-state index contributed by atoms with van der Waals surface area (Å²) in [6.45, 7) is 2.61. The Bertz CT molecular complexity index is 594. The lowest BCUT2D eigenvalue weighted by Gasteiger charge is -2.11. The molecule has 0 unspecified atom stereocenters. The van der Waals surface area contributed by atoms with Crippen LogP contribution < -0.4 is 15.4 Å². The molecular formula is C17H20N2O2. The summed E-state index contributed by atoms with van der Waals surface area (Å²) < 4.78 is 5.19. The Kier molecular flexibility index (Phi) is 5.21. The van der Waals surface area contributed by atoms with Crippen molar-refractivity contribution in [2.24, 2.45) is 0 Å². The van der Waals surface area contributed by atoms with Gasteiger partial charge in [0.1, 0.15) is 5.75 Å². The zero-order chi connectivity index (χ0) is 15.1. The van der Waals surface area contributed by atoms with Crippen molar-refractivity contribution >= 4 is 11.7 Å². The van der Waals surface area contributed by atoms with E-state index in [1.54, 1.807) is 19.2 Å². The summed E-state index contributed by atoms with van der Waals surface area (Å²) in [6, 6.07) is 15.3. The fourth-order valence-electron chi connectivity index (χ4n) is 1.99. The average molecular weight is 284 g/mol. The predicted molar refractivity (Wildman–Crippen MR) is 84.7 cm³/mol. The van der Waals surface area contributed by atoms with Gasteiger partial charge in [0.15, 0.2) is 0 Å². The highest BCUT2D eigenvalue weighted by Crippen LogP contribution is 2.22. The van der Waals surface area contributed by atoms with E-state index in [0.29, 0.717) is 18.0 Å². The smallest absolute Gasteiger partial charge is 0.319 e. The Labute approximate surface area is 125 Å². The van der Waals surface area contributed by atoms with E-state index in [2.05, 4.69) is 29.7 Å². The monoisotopic (exact) mass is 284 g/mol. The average Bonchev–Trinajstić information content (AvgIpc) is 2.54. The van der Waals surface area contributed by atoms with E-state index in [0.717, 1.165) is 12.0 Å². The fraction of sp³-hybridized carbons (Fsp3) is 0.235. The van der Waals surface area contributed by atoms with Gasteiger partial charge in [-0.15, -0.1) is 0 Å². The number of anilines is 1. The third kappa shape index (κ3) is 4.24. The Balaban J connectivity index is 1.89. The molecule has 0 heterocycles. The molecule has 0 saturated heterocycles. The number of hydrogen-bond acceptors (Lipinski definition) is 2. The van der Waals surface area contributed by atoms with Gasteiger partial charge in [-0.2, -0.15) is 0 Å². The van der Waals surface area contributed by atoms with Crippen molar-refractivity contribution in [1.82, 2.24) is 5.32 Å². The van der Waals surface area contributed by atoms with Crippen molar-refractivity contribution in [3.05, 3.63) is 59.7 Å². The summed E-state index contributed by atoms with van der Waals surface area (Å²) in [5, 5.41) is 5.61. The summed E-state index contributed by atoms with van der Waals surface area (Å²) in [4.78, 5) is 11.9. The van der Waals surface area contributed by atoms with Crippen LogP contribution in [0.25, 0.3) is 0 Å². The van der Waals surface area contributed by atoms with Crippen molar-refractivity contribution < 1.29 is 9.53 Å². The Morgan fingerprint density at radius 1 is 1.05 bits per heavy atom. The first kappa shape index (κ1) is 14.9. The topological polar surface area (TPSA) is 50.4 Å². The first-order valence-corrected chi connectivity index (χ1v) is 6.98. The standard InChI is InChI=1S/C17H20N2O2/c1-3-13-8-10-14(11-9-13)12-18-17(20)19-15-6-4-5-7-16(15)21-2/h4-11H,3,12H2,1-2H3,(H2,18,19,20). The molecule has 21 heavy (non-hydrogen) atoms. The van der Waals surface area contributed by atoms with Crippen LogP contribution in [0.3, 0.4) is 0 Å². The van der Waals surface area contributed by atoms with Crippen LogP contribution in [0.1, 0.15) is 18.1 Å². The van der Waals surface area contributed by atoms with Crippen molar-refractivity contribution in [2.75, 3.05) is 12.4 Å². The first-order chi connectivity index (χ1) is 10.2. The Morgan fingerprint density at radius 3 is 2.38 bits per heavy atom. The molecule has 2 rings (SSSR count). The third-order valence-corrected chi connectivity index (χ3v) is 3.24. The molecule has 0 fully saturated rings. The van der Waals surface area contributed by atoms with Crippen molar-refractivity contribution in [1.29, 1.82) is 0 Å². The second kappa shape index (κ2) is 7.33.